The molecule has 0 fully saturated rings. The Morgan fingerprint density at radius 1 is 1.21 bits per heavy atom. The zero-order valence-corrected chi connectivity index (χ0v) is 11.4. The monoisotopic (exact) mass is 278 g/mol. The third-order valence-electron chi connectivity index (χ3n) is 2.52. The van der Waals surface area contributed by atoms with Crippen molar-refractivity contribution in [1.29, 1.82) is 0 Å². The van der Waals surface area contributed by atoms with Gasteiger partial charge < -0.3 is 10.5 Å². The minimum Gasteiger partial charge on any atom is -0.439 e. The lowest BCUT2D eigenvalue weighted by Gasteiger charge is -2.08. The summed E-state index contributed by atoms with van der Waals surface area (Å²) in [5.41, 5.74) is 6.98. The molecule has 5 nitrogen and oxygen atoms in total. The highest BCUT2D eigenvalue weighted by Gasteiger charge is 2.08. The van der Waals surface area contributed by atoms with Crippen LogP contribution in [-0.4, -0.2) is 19.7 Å². The summed E-state index contributed by atoms with van der Waals surface area (Å²) in [5, 5.41) is 0. The zero-order chi connectivity index (χ0) is 14.0. The predicted octanol–water partition coefficient (Wildman–Crippen LogP) is 2.17. The van der Waals surface area contributed by atoms with Gasteiger partial charge in [-0.05, 0) is 37.3 Å². The minimum absolute atomic E-state index is 0.252. The molecule has 0 amide bonds. The van der Waals surface area contributed by atoms with Crippen LogP contribution in [0.25, 0.3) is 0 Å². The molecule has 1 aromatic carbocycles. The molecule has 0 bridgehead atoms. The quantitative estimate of drug-likeness (QED) is 0.930. The van der Waals surface area contributed by atoms with Crippen LogP contribution in [0.2, 0.25) is 0 Å². The summed E-state index contributed by atoms with van der Waals surface area (Å²) in [4.78, 5) is 4.33. The average molecular weight is 278 g/mol. The van der Waals surface area contributed by atoms with Gasteiger partial charge in [0.2, 0.25) is 5.88 Å². The summed E-state index contributed by atoms with van der Waals surface area (Å²) >= 11 is 0. The van der Waals surface area contributed by atoms with Crippen molar-refractivity contribution in [3.8, 4) is 11.6 Å². The molecule has 1 heterocycles. The summed E-state index contributed by atoms with van der Waals surface area (Å²) in [6, 6.07) is 7.93. The van der Waals surface area contributed by atoms with Crippen molar-refractivity contribution in [2.45, 2.75) is 11.8 Å². The number of nitrogen functional groups attached to an aromatic ring is 1. The lowest BCUT2D eigenvalue weighted by Crippen LogP contribution is -1.97. The van der Waals surface area contributed by atoms with Crippen LogP contribution in [0.4, 0.5) is 5.69 Å². The molecule has 0 saturated carbocycles. The molecule has 100 valence electrons. The Balaban J connectivity index is 2.25. The Labute approximate surface area is 112 Å². The van der Waals surface area contributed by atoms with Crippen molar-refractivity contribution < 1.29 is 13.2 Å². The Hall–Kier alpha value is -2.08. The number of nitrogens with zero attached hydrogens (tertiary/aromatic N) is 1. The number of hydrogen-bond donors (Lipinski definition) is 1. The maximum Gasteiger partial charge on any atom is 0.222 e. The van der Waals surface area contributed by atoms with Crippen molar-refractivity contribution in [3.63, 3.8) is 0 Å². The zero-order valence-electron chi connectivity index (χ0n) is 10.6. The van der Waals surface area contributed by atoms with Gasteiger partial charge in [0.25, 0.3) is 0 Å². The van der Waals surface area contributed by atoms with E-state index in [0.29, 0.717) is 17.3 Å². The molecule has 0 saturated heterocycles. The van der Waals surface area contributed by atoms with E-state index in [-0.39, 0.29) is 4.90 Å². The first-order valence-electron chi connectivity index (χ1n) is 5.56. The molecule has 19 heavy (non-hydrogen) atoms. The van der Waals surface area contributed by atoms with Crippen LogP contribution in [-0.2, 0) is 9.84 Å². The van der Waals surface area contributed by atoms with Crippen LogP contribution >= 0.6 is 0 Å². The standard InChI is InChI=1S/C13H14N2O3S/c1-9-7-10(14)8-15-13(9)18-11-3-5-12(6-4-11)19(2,16)17/h3-8H,14H2,1-2H3. The molecule has 0 spiro atoms. The van der Waals surface area contributed by atoms with Gasteiger partial charge in [-0.1, -0.05) is 0 Å². The molecule has 0 aliphatic rings. The second-order valence-electron chi connectivity index (χ2n) is 4.24. The molecule has 0 atom stereocenters. The Bertz CT molecular complexity index is 694. The van der Waals surface area contributed by atoms with E-state index in [4.69, 9.17) is 10.5 Å². The van der Waals surface area contributed by atoms with Gasteiger partial charge in [0.15, 0.2) is 9.84 Å². The van der Waals surface area contributed by atoms with E-state index in [1.807, 2.05) is 6.92 Å². The highest BCUT2D eigenvalue weighted by molar-refractivity contribution is 7.90. The maximum atomic E-state index is 11.3. The number of ether oxygens (including phenoxy) is 1. The molecule has 0 aliphatic heterocycles. The van der Waals surface area contributed by atoms with Gasteiger partial charge in [-0.25, -0.2) is 13.4 Å². The number of aryl methyl sites for hydroxylation is 1. The number of benzene rings is 1. The third kappa shape index (κ3) is 3.23. The van der Waals surface area contributed by atoms with Gasteiger partial charge in [0.05, 0.1) is 16.8 Å². The van der Waals surface area contributed by atoms with Gasteiger partial charge in [-0.2, -0.15) is 0 Å². The molecule has 1 aromatic heterocycles. The Kier molecular flexibility index (Phi) is 3.44. The molecule has 0 radical (unpaired) electrons. The summed E-state index contributed by atoms with van der Waals surface area (Å²) in [5.74, 6) is 0.967. The second-order valence-corrected chi connectivity index (χ2v) is 6.25. The molecular formula is C13H14N2O3S. The van der Waals surface area contributed by atoms with Crippen LogP contribution in [0.15, 0.2) is 41.4 Å². The fourth-order valence-electron chi connectivity index (χ4n) is 1.56. The molecule has 2 rings (SSSR count). The first-order chi connectivity index (χ1) is 8.86. The number of hydrogen-bond acceptors (Lipinski definition) is 5. The summed E-state index contributed by atoms with van der Waals surface area (Å²) < 4.78 is 28.2. The topological polar surface area (TPSA) is 82.3 Å². The van der Waals surface area contributed by atoms with E-state index in [2.05, 4.69) is 4.98 Å². The van der Waals surface area contributed by atoms with Gasteiger partial charge in [-0.15, -0.1) is 0 Å². The molecule has 2 aromatic rings. The summed E-state index contributed by atoms with van der Waals surface area (Å²) in [7, 11) is -3.19. The van der Waals surface area contributed by atoms with Crippen LogP contribution in [0.3, 0.4) is 0 Å². The lowest BCUT2D eigenvalue weighted by atomic mass is 10.3. The molecule has 2 N–H and O–H groups in total. The van der Waals surface area contributed by atoms with Crippen molar-refractivity contribution in [2.75, 3.05) is 12.0 Å². The fourth-order valence-corrected chi connectivity index (χ4v) is 2.19. The van der Waals surface area contributed by atoms with Crippen LogP contribution in [0.1, 0.15) is 5.56 Å². The predicted molar refractivity (Wildman–Crippen MR) is 73.0 cm³/mol. The van der Waals surface area contributed by atoms with E-state index < -0.39 is 9.84 Å². The Morgan fingerprint density at radius 2 is 1.84 bits per heavy atom. The second kappa shape index (κ2) is 4.89. The minimum atomic E-state index is -3.19. The smallest absolute Gasteiger partial charge is 0.222 e. The van der Waals surface area contributed by atoms with Gasteiger partial charge in [0, 0.05) is 11.8 Å². The SMILES string of the molecule is Cc1cc(N)cnc1Oc1ccc(S(C)(=O)=O)cc1. The Morgan fingerprint density at radius 3 is 2.37 bits per heavy atom. The third-order valence-corrected chi connectivity index (χ3v) is 3.65. The van der Waals surface area contributed by atoms with Crippen LogP contribution in [0.5, 0.6) is 11.6 Å². The lowest BCUT2D eigenvalue weighted by molar-refractivity contribution is 0.458. The van der Waals surface area contributed by atoms with Crippen molar-refractivity contribution >= 4 is 15.5 Å². The number of aromatic nitrogens is 1. The summed E-state index contributed by atoms with van der Waals surface area (Å²) in [6.07, 6.45) is 2.67. The molecule has 6 heteroatoms. The largest absolute Gasteiger partial charge is 0.439 e. The van der Waals surface area contributed by atoms with Crippen LogP contribution in [0, 0.1) is 6.92 Å². The van der Waals surface area contributed by atoms with Gasteiger partial charge in [0.1, 0.15) is 5.75 Å². The van der Waals surface area contributed by atoms with E-state index in [0.717, 1.165) is 11.8 Å². The number of anilines is 1. The summed E-state index contributed by atoms with van der Waals surface area (Å²) in [6.45, 7) is 1.84. The van der Waals surface area contributed by atoms with E-state index in [1.54, 1.807) is 18.2 Å². The van der Waals surface area contributed by atoms with E-state index in [1.165, 1.54) is 18.3 Å². The van der Waals surface area contributed by atoms with Gasteiger partial charge in [-0.3, -0.25) is 0 Å². The first kappa shape index (κ1) is 13.4. The highest BCUT2D eigenvalue weighted by atomic mass is 32.2. The molecular weight excluding hydrogens is 264 g/mol. The van der Waals surface area contributed by atoms with Crippen molar-refractivity contribution in [1.82, 2.24) is 4.98 Å². The van der Waals surface area contributed by atoms with Crippen molar-refractivity contribution in [2.24, 2.45) is 0 Å². The molecule has 0 unspecified atom stereocenters. The number of nitrogens with two attached hydrogens (primary N) is 1. The number of rotatable bonds is 3. The molecule has 0 aliphatic carbocycles. The first-order valence-corrected chi connectivity index (χ1v) is 7.45. The number of sulfone groups is 1. The van der Waals surface area contributed by atoms with Gasteiger partial charge >= 0.3 is 0 Å². The van der Waals surface area contributed by atoms with Crippen LogP contribution < -0.4 is 10.5 Å². The average Bonchev–Trinajstić information content (AvgIpc) is 2.32. The number of pyridine rings is 1. The van der Waals surface area contributed by atoms with E-state index >= 15 is 0 Å². The normalized spacial score (nSPS) is 11.3. The van der Waals surface area contributed by atoms with E-state index in [9.17, 15) is 8.42 Å². The fraction of sp³-hybridized carbons (Fsp3) is 0.154. The highest BCUT2D eigenvalue weighted by Crippen LogP contribution is 2.24. The maximum absolute atomic E-state index is 11.3. The van der Waals surface area contributed by atoms with Crippen molar-refractivity contribution in [3.05, 3.63) is 42.1 Å².